The Morgan fingerprint density at radius 1 is 1.18 bits per heavy atom. The highest BCUT2D eigenvalue weighted by Gasteiger charge is 2.12. The summed E-state index contributed by atoms with van der Waals surface area (Å²) in [6.45, 7) is 6.65. The van der Waals surface area contributed by atoms with Crippen LogP contribution in [0.3, 0.4) is 0 Å². The van der Waals surface area contributed by atoms with Crippen molar-refractivity contribution in [1.29, 1.82) is 0 Å². The molecule has 0 aromatic heterocycles. The summed E-state index contributed by atoms with van der Waals surface area (Å²) < 4.78 is 40.7. The molecule has 8 heteroatoms. The lowest BCUT2D eigenvalue weighted by Crippen LogP contribution is -2.39. The van der Waals surface area contributed by atoms with Crippen molar-refractivity contribution in [2.75, 3.05) is 19.6 Å². The first-order valence-electron chi connectivity index (χ1n) is 9.19. The number of aliphatic imine (C=N–C) groups is 1. The second kappa shape index (κ2) is 10.2. The van der Waals surface area contributed by atoms with Crippen LogP contribution in [0.1, 0.15) is 31.0 Å². The first kappa shape index (κ1) is 21.8. The summed E-state index contributed by atoms with van der Waals surface area (Å²) in [6, 6.07) is 13.2. The lowest BCUT2D eigenvalue weighted by Gasteiger charge is -2.18. The Balaban J connectivity index is 1.95. The molecule has 2 aromatic rings. The summed E-state index contributed by atoms with van der Waals surface area (Å²) in [5.41, 5.74) is 1.40. The quantitative estimate of drug-likeness (QED) is 0.358. The van der Waals surface area contributed by atoms with E-state index >= 15 is 0 Å². The Hall–Kier alpha value is -2.45. The van der Waals surface area contributed by atoms with Crippen molar-refractivity contribution in [2.24, 2.45) is 4.99 Å². The smallest absolute Gasteiger partial charge is 0.240 e. The Morgan fingerprint density at radius 2 is 1.89 bits per heavy atom. The summed E-state index contributed by atoms with van der Waals surface area (Å²) in [7, 11) is -3.55. The van der Waals surface area contributed by atoms with E-state index in [0.717, 1.165) is 5.56 Å². The number of guanidine groups is 1. The Bertz CT molecular complexity index is 902. The van der Waals surface area contributed by atoms with E-state index in [0.29, 0.717) is 18.1 Å². The maximum atomic E-state index is 13.8. The van der Waals surface area contributed by atoms with Crippen LogP contribution in [0.15, 0.2) is 58.4 Å². The predicted octanol–water partition coefficient (Wildman–Crippen LogP) is 2.73. The zero-order chi connectivity index (χ0) is 20.6. The molecule has 1 atom stereocenters. The van der Waals surface area contributed by atoms with Crippen molar-refractivity contribution >= 4 is 16.0 Å². The molecule has 0 fully saturated rings. The third-order valence-electron chi connectivity index (χ3n) is 4.12. The monoisotopic (exact) mass is 406 g/mol. The van der Waals surface area contributed by atoms with Crippen molar-refractivity contribution in [2.45, 2.75) is 31.7 Å². The Labute approximate surface area is 166 Å². The lowest BCUT2D eigenvalue weighted by molar-refractivity contribution is 0.582. The largest absolute Gasteiger partial charge is 0.357 e. The van der Waals surface area contributed by atoms with Gasteiger partial charge in [-0.05, 0) is 50.1 Å². The van der Waals surface area contributed by atoms with E-state index in [4.69, 9.17) is 0 Å². The van der Waals surface area contributed by atoms with Gasteiger partial charge in [0.15, 0.2) is 5.96 Å². The first-order chi connectivity index (χ1) is 13.3. The fourth-order valence-electron chi connectivity index (χ4n) is 2.52. The fraction of sp³-hybridized carbons (Fsp3) is 0.350. The van der Waals surface area contributed by atoms with Crippen molar-refractivity contribution < 1.29 is 12.8 Å². The molecule has 28 heavy (non-hydrogen) atoms. The highest BCUT2D eigenvalue weighted by atomic mass is 32.2. The molecule has 0 aliphatic rings. The molecule has 0 saturated heterocycles. The van der Waals surface area contributed by atoms with E-state index in [1.54, 1.807) is 43.3 Å². The molecule has 0 heterocycles. The molecule has 0 saturated carbocycles. The van der Waals surface area contributed by atoms with E-state index in [1.165, 1.54) is 6.07 Å². The molecule has 0 aliphatic carbocycles. The van der Waals surface area contributed by atoms with Crippen LogP contribution in [0.25, 0.3) is 0 Å². The van der Waals surface area contributed by atoms with Gasteiger partial charge >= 0.3 is 0 Å². The maximum Gasteiger partial charge on any atom is 0.240 e. The summed E-state index contributed by atoms with van der Waals surface area (Å²) in [6.07, 6.45) is 0. The molecule has 3 N–H and O–H groups in total. The molecular weight excluding hydrogens is 379 g/mol. The van der Waals surface area contributed by atoms with Gasteiger partial charge in [0.05, 0.1) is 17.5 Å². The molecule has 0 bridgehead atoms. The van der Waals surface area contributed by atoms with Gasteiger partial charge in [0.1, 0.15) is 5.82 Å². The fourth-order valence-corrected chi connectivity index (χ4v) is 3.56. The number of halogens is 1. The molecule has 0 spiro atoms. The molecule has 0 aliphatic heterocycles. The van der Waals surface area contributed by atoms with E-state index < -0.39 is 10.0 Å². The minimum atomic E-state index is -3.55. The standard InChI is InChI=1S/C20H27FN4O2S/c1-4-22-20(25-16(3)17-11-10-15(2)19(21)14-17)23-12-13-24-28(26,27)18-8-6-5-7-9-18/h5-11,14,16,24H,4,12-13H2,1-3H3,(H2,22,23,25). The van der Waals surface area contributed by atoms with Crippen LogP contribution < -0.4 is 15.4 Å². The van der Waals surface area contributed by atoms with Crippen LogP contribution in [-0.2, 0) is 10.0 Å². The lowest BCUT2D eigenvalue weighted by atomic mass is 10.1. The van der Waals surface area contributed by atoms with E-state index in [-0.39, 0.29) is 29.8 Å². The topological polar surface area (TPSA) is 82.6 Å². The van der Waals surface area contributed by atoms with Crippen molar-refractivity contribution in [3.63, 3.8) is 0 Å². The molecule has 2 aromatic carbocycles. The predicted molar refractivity (Wildman–Crippen MR) is 110 cm³/mol. The molecule has 0 radical (unpaired) electrons. The van der Waals surface area contributed by atoms with Gasteiger partial charge in [-0.15, -0.1) is 0 Å². The minimum Gasteiger partial charge on any atom is -0.357 e. The van der Waals surface area contributed by atoms with Crippen molar-refractivity contribution in [3.05, 3.63) is 65.5 Å². The molecule has 152 valence electrons. The summed E-state index contributed by atoms with van der Waals surface area (Å²) >= 11 is 0. The third-order valence-corrected chi connectivity index (χ3v) is 5.60. The Kier molecular flexibility index (Phi) is 7.95. The van der Waals surface area contributed by atoms with Crippen LogP contribution >= 0.6 is 0 Å². The zero-order valence-electron chi connectivity index (χ0n) is 16.4. The zero-order valence-corrected chi connectivity index (χ0v) is 17.2. The van der Waals surface area contributed by atoms with Gasteiger partial charge < -0.3 is 10.6 Å². The summed E-state index contributed by atoms with van der Waals surface area (Å²) in [5.74, 6) is 0.290. The second-order valence-electron chi connectivity index (χ2n) is 6.35. The van der Waals surface area contributed by atoms with Gasteiger partial charge in [0.25, 0.3) is 0 Å². The van der Waals surface area contributed by atoms with Crippen LogP contribution in [-0.4, -0.2) is 34.0 Å². The highest BCUT2D eigenvalue weighted by Crippen LogP contribution is 2.16. The third kappa shape index (κ3) is 6.31. The number of nitrogens with zero attached hydrogens (tertiary/aromatic N) is 1. The van der Waals surface area contributed by atoms with Crippen molar-refractivity contribution in [3.8, 4) is 0 Å². The van der Waals surface area contributed by atoms with Gasteiger partial charge in [-0.1, -0.05) is 30.3 Å². The van der Waals surface area contributed by atoms with Crippen LogP contribution in [0, 0.1) is 12.7 Å². The number of sulfonamides is 1. The van der Waals surface area contributed by atoms with Gasteiger partial charge in [-0.2, -0.15) is 0 Å². The molecule has 1 unspecified atom stereocenters. The Morgan fingerprint density at radius 3 is 2.54 bits per heavy atom. The van der Waals surface area contributed by atoms with Crippen LogP contribution in [0.2, 0.25) is 0 Å². The van der Waals surface area contributed by atoms with Crippen molar-refractivity contribution in [1.82, 2.24) is 15.4 Å². The number of nitrogens with one attached hydrogen (secondary N) is 3. The molecule has 2 rings (SSSR count). The van der Waals surface area contributed by atoms with E-state index in [9.17, 15) is 12.8 Å². The molecule has 6 nitrogen and oxygen atoms in total. The molecule has 0 amide bonds. The number of hydrogen-bond acceptors (Lipinski definition) is 3. The minimum absolute atomic E-state index is 0.158. The van der Waals surface area contributed by atoms with Gasteiger partial charge in [0, 0.05) is 13.1 Å². The van der Waals surface area contributed by atoms with Crippen LogP contribution in [0.4, 0.5) is 4.39 Å². The normalized spacial score (nSPS) is 13.2. The van der Waals surface area contributed by atoms with Gasteiger partial charge in [0.2, 0.25) is 10.0 Å². The highest BCUT2D eigenvalue weighted by molar-refractivity contribution is 7.89. The van der Waals surface area contributed by atoms with Gasteiger partial charge in [-0.3, -0.25) is 4.99 Å². The number of rotatable bonds is 8. The van der Waals surface area contributed by atoms with Crippen LogP contribution in [0.5, 0.6) is 0 Å². The average Bonchev–Trinajstić information content (AvgIpc) is 2.68. The first-order valence-corrected chi connectivity index (χ1v) is 10.7. The van der Waals surface area contributed by atoms with E-state index in [1.807, 2.05) is 19.9 Å². The summed E-state index contributed by atoms with van der Waals surface area (Å²) in [5, 5.41) is 6.31. The number of benzene rings is 2. The van der Waals surface area contributed by atoms with Gasteiger partial charge in [-0.25, -0.2) is 17.5 Å². The van der Waals surface area contributed by atoms with E-state index in [2.05, 4.69) is 20.3 Å². The molecular formula is C20H27FN4O2S. The summed E-state index contributed by atoms with van der Waals surface area (Å²) in [4.78, 5) is 4.61. The SMILES string of the molecule is CCNC(=NCCNS(=O)(=O)c1ccccc1)NC(C)c1ccc(C)c(F)c1. The number of aryl methyl sites for hydroxylation is 1. The average molecular weight is 407 g/mol. The number of hydrogen-bond donors (Lipinski definition) is 3. The maximum absolute atomic E-state index is 13.8. The second-order valence-corrected chi connectivity index (χ2v) is 8.11.